The molecule has 1 aromatic heterocycles. The molecule has 4 nitrogen and oxygen atoms in total. The zero-order valence-corrected chi connectivity index (χ0v) is 10.6. The van der Waals surface area contributed by atoms with Crippen LogP contribution in [-0.4, -0.2) is 14.8 Å². The van der Waals surface area contributed by atoms with Crippen LogP contribution in [0.5, 0.6) is 0 Å². The van der Waals surface area contributed by atoms with Crippen molar-refractivity contribution in [3.8, 4) is 0 Å². The van der Waals surface area contributed by atoms with E-state index >= 15 is 0 Å². The van der Waals surface area contributed by atoms with Gasteiger partial charge in [-0.1, -0.05) is 0 Å². The van der Waals surface area contributed by atoms with E-state index in [9.17, 15) is 17.6 Å². The summed E-state index contributed by atoms with van der Waals surface area (Å²) in [6.45, 7) is 0.433. The second-order valence-corrected chi connectivity index (χ2v) is 4.31. The molecule has 20 heavy (non-hydrogen) atoms. The normalized spacial score (nSPS) is 11.8. The standard InChI is InChI=1S/C12H12F4N4/c1-20-7-18-19-11(20)6-17-5-8-2-9(12(14,15)16)4-10(13)3-8/h2-4,7,17H,5-6H2,1H3. The largest absolute Gasteiger partial charge is 0.416 e. The molecule has 2 rings (SSSR count). The van der Waals surface area contributed by atoms with Crippen molar-refractivity contribution in [2.24, 2.45) is 7.05 Å². The number of nitrogens with one attached hydrogen (secondary N) is 1. The Balaban J connectivity index is 2.03. The first-order valence-corrected chi connectivity index (χ1v) is 5.76. The van der Waals surface area contributed by atoms with Crippen LogP contribution in [0.4, 0.5) is 17.6 Å². The number of rotatable bonds is 4. The first-order valence-electron chi connectivity index (χ1n) is 5.76. The SMILES string of the molecule is Cn1cnnc1CNCc1cc(F)cc(C(F)(F)F)c1. The number of benzene rings is 1. The van der Waals surface area contributed by atoms with Crippen molar-refractivity contribution < 1.29 is 17.6 Å². The molecule has 0 saturated heterocycles. The second kappa shape index (κ2) is 5.58. The minimum atomic E-state index is -4.56. The van der Waals surface area contributed by atoms with E-state index in [0.29, 0.717) is 18.4 Å². The molecule has 0 aliphatic heterocycles. The van der Waals surface area contributed by atoms with Gasteiger partial charge in [-0.15, -0.1) is 10.2 Å². The van der Waals surface area contributed by atoms with Gasteiger partial charge in [-0.3, -0.25) is 0 Å². The van der Waals surface area contributed by atoms with Gasteiger partial charge in [0.05, 0.1) is 12.1 Å². The van der Waals surface area contributed by atoms with Crippen molar-refractivity contribution in [3.05, 3.63) is 47.3 Å². The van der Waals surface area contributed by atoms with Crippen LogP contribution in [-0.2, 0) is 26.3 Å². The van der Waals surface area contributed by atoms with Gasteiger partial charge in [0, 0.05) is 13.6 Å². The summed E-state index contributed by atoms with van der Waals surface area (Å²) < 4.78 is 52.5. The average molecular weight is 288 g/mol. The molecule has 0 aliphatic rings. The number of aromatic nitrogens is 3. The summed E-state index contributed by atoms with van der Waals surface area (Å²) >= 11 is 0. The average Bonchev–Trinajstić information content (AvgIpc) is 2.73. The summed E-state index contributed by atoms with van der Waals surface area (Å²) in [4.78, 5) is 0. The smallest absolute Gasteiger partial charge is 0.320 e. The third-order valence-corrected chi connectivity index (χ3v) is 2.70. The molecule has 0 unspecified atom stereocenters. The third kappa shape index (κ3) is 3.53. The molecule has 0 amide bonds. The molecule has 0 aliphatic carbocycles. The lowest BCUT2D eigenvalue weighted by Gasteiger charge is -2.10. The Morgan fingerprint density at radius 1 is 1.20 bits per heavy atom. The van der Waals surface area contributed by atoms with Crippen LogP contribution in [0.3, 0.4) is 0 Å². The molecule has 0 atom stereocenters. The highest BCUT2D eigenvalue weighted by Crippen LogP contribution is 2.30. The molecule has 1 N–H and O–H groups in total. The topological polar surface area (TPSA) is 42.7 Å². The van der Waals surface area contributed by atoms with Gasteiger partial charge in [-0.25, -0.2) is 4.39 Å². The molecule has 0 fully saturated rings. The monoisotopic (exact) mass is 288 g/mol. The minimum absolute atomic E-state index is 0.105. The summed E-state index contributed by atoms with van der Waals surface area (Å²) in [7, 11) is 1.75. The number of hydrogen-bond acceptors (Lipinski definition) is 3. The fraction of sp³-hybridized carbons (Fsp3) is 0.333. The lowest BCUT2D eigenvalue weighted by molar-refractivity contribution is -0.137. The van der Waals surface area contributed by atoms with Crippen molar-refractivity contribution in [1.29, 1.82) is 0 Å². The number of halogens is 4. The number of hydrogen-bond donors (Lipinski definition) is 1. The van der Waals surface area contributed by atoms with E-state index in [4.69, 9.17) is 0 Å². The van der Waals surface area contributed by atoms with Crippen molar-refractivity contribution in [3.63, 3.8) is 0 Å². The number of nitrogens with zero attached hydrogens (tertiary/aromatic N) is 3. The van der Waals surface area contributed by atoms with Gasteiger partial charge in [0.1, 0.15) is 18.0 Å². The fourth-order valence-electron chi connectivity index (χ4n) is 1.70. The number of alkyl halides is 3. The van der Waals surface area contributed by atoms with Gasteiger partial charge in [-0.05, 0) is 23.8 Å². The van der Waals surface area contributed by atoms with Crippen molar-refractivity contribution in [1.82, 2.24) is 20.1 Å². The minimum Gasteiger partial charge on any atom is -0.320 e. The van der Waals surface area contributed by atoms with Crippen molar-refractivity contribution >= 4 is 0 Å². The van der Waals surface area contributed by atoms with Gasteiger partial charge >= 0.3 is 6.18 Å². The first-order chi connectivity index (χ1) is 9.36. The highest BCUT2D eigenvalue weighted by molar-refractivity contribution is 5.26. The van der Waals surface area contributed by atoms with E-state index in [1.165, 1.54) is 6.33 Å². The van der Waals surface area contributed by atoms with E-state index in [1.807, 2.05) is 0 Å². The summed E-state index contributed by atoms with van der Waals surface area (Å²) in [5.41, 5.74) is -0.771. The Labute approximate surface area is 112 Å². The maximum absolute atomic E-state index is 13.2. The van der Waals surface area contributed by atoms with Crippen molar-refractivity contribution in [2.45, 2.75) is 19.3 Å². The molecule has 0 bridgehead atoms. The summed E-state index contributed by atoms with van der Waals surface area (Å²) in [5, 5.41) is 10.4. The van der Waals surface area contributed by atoms with Crippen LogP contribution in [0.15, 0.2) is 24.5 Å². The highest BCUT2D eigenvalue weighted by atomic mass is 19.4. The quantitative estimate of drug-likeness (QED) is 0.878. The molecular weight excluding hydrogens is 276 g/mol. The Morgan fingerprint density at radius 2 is 1.95 bits per heavy atom. The lowest BCUT2D eigenvalue weighted by atomic mass is 10.1. The molecule has 8 heteroatoms. The first kappa shape index (κ1) is 14.4. The van der Waals surface area contributed by atoms with E-state index in [-0.39, 0.29) is 12.1 Å². The van der Waals surface area contributed by atoms with Crippen LogP contribution in [0.25, 0.3) is 0 Å². The number of aryl methyl sites for hydroxylation is 1. The molecule has 2 aromatic rings. The van der Waals surface area contributed by atoms with Crippen LogP contribution < -0.4 is 5.32 Å². The second-order valence-electron chi connectivity index (χ2n) is 4.31. The van der Waals surface area contributed by atoms with Gasteiger partial charge in [-0.2, -0.15) is 13.2 Å². The van der Waals surface area contributed by atoms with Crippen molar-refractivity contribution in [2.75, 3.05) is 0 Å². The Morgan fingerprint density at radius 3 is 2.55 bits per heavy atom. The fourth-order valence-corrected chi connectivity index (χ4v) is 1.70. The predicted molar refractivity (Wildman–Crippen MR) is 62.9 cm³/mol. The van der Waals surface area contributed by atoms with Crippen LogP contribution in [0, 0.1) is 5.82 Å². The highest BCUT2D eigenvalue weighted by Gasteiger charge is 2.31. The van der Waals surface area contributed by atoms with Gasteiger partial charge in [0.25, 0.3) is 0 Å². The molecule has 0 spiro atoms. The van der Waals surface area contributed by atoms with Crippen LogP contribution in [0.1, 0.15) is 17.0 Å². The Kier molecular flexibility index (Phi) is 4.03. The van der Waals surface area contributed by atoms with E-state index < -0.39 is 17.6 Å². The summed E-state index contributed by atoms with van der Waals surface area (Å²) in [6.07, 6.45) is -3.04. The zero-order valence-electron chi connectivity index (χ0n) is 10.6. The zero-order chi connectivity index (χ0) is 14.8. The van der Waals surface area contributed by atoms with Gasteiger partial charge in [0.15, 0.2) is 0 Å². The van der Waals surface area contributed by atoms with Gasteiger partial charge < -0.3 is 9.88 Å². The molecule has 108 valence electrons. The molecule has 0 saturated carbocycles. The van der Waals surface area contributed by atoms with Gasteiger partial charge in [0.2, 0.25) is 0 Å². The molecular formula is C12H12F4N4. The maximum atomic E-state index is 13.2. The maximum Gasteiger partial charge on any atom is 0.416 e. The molecule has 1 heterocycles. The van der Waals surface area contributed by atoms with Crippen LogP contribution in [0.2, 0.25) is 0 Å². The molecule has 1 aromatic carbocycles. The molecule has 0 radical (unpaired) electrons. The summed E-state index contributed by atoms with van der Waals surface area (Å²) in [6, 6.07) is 2.47. The van der Waals surface area contributed by atoms with E-state index in [2.05, 4.69) is 15.5 Å². The third-order valence-electron chi connectivity index (χ3n) is 2.70. The predicted octanol–water partition coefficient (Wildman–Crippen LogP) is 2.26. The van der Waals surface area contributed by atoms with E-state index in [0.717, 1.165) is 12.1 Å². The van der Waals surface area contributed by atoms with Crippen LogP contribution >= 0.6 is 0 Å². The summed E-state index contributed by atoms with van der Waals surface area (Å²) in [5.74, 6) is -0.271. The Bertz CT molecular complexity index is 591. The van der Waals surface area contributed by atoms with E-state index in [1.54, 1.807) is 11.6 Å². The lowest BCUT2D eigenvalue weighted by Crippen LogP contribution is -2.16. The Hall–Kier alpha value is -1.96.